The van der Waals surface area contributed by atoms with E-state index in [0.29, 0.717) is 34.8 Å². The highest BCUT2D eigenvalue weighted by Gasteiger charge is 2.34. The molecule has 0 fully saturated rings. The zero-order valence-corrected chi connectivity index (χ0v) is 14.5. The lowest BCUT2D eigenvalue weighted by molar-refractivity contribution is 0.102. The zero-order chi connectivity index (χ0) is 18.1. The van der Waals surface area contributed by atoms with Gasteiger partial charge < -0.3 is 9.77 Å². The second kappa shape index (κ2) is 6.59. The number of rotatable bonds is 4. The summed E-state index contributed by atoms with van der Waals surface area (Å²) < 4.78 is 1.97. The third-order valence-corrected chi connectivity index (χ3v) is 4.70. The van der Waals surface area contributed by atoms with Crippen LogP contribution >= 0.6 is 0 Å². The first-order chi connectivity index (χ1) is 12.8. The van der Waals surface area contributed by atoms with E-state index in [1.807, 2.05) is 47.0 Å². The normalized spacial score (nSPS) is 14.3. The highest BCUT2D eigenvalue weighted by atomic mass is 16.4. The molecule has 0 aliphatic heterocycles. The summed E-state index contributed by atoms with van der Waals surface area (Å²) in [6.45, 7) is 2.80. The number of hydrogen-bond acceptors (Lipinski definition) is 4. The highest BCUT2D eigenvalue weighted by molar-refractivity contribution is 6.29. The Balaban J connectivity index is 1.99. The Hall–Kier alpha value is -3.21. The second-order valence-corrected chi connectivity index (χ2v) is 6.33. The number of carbonyl (C=O) groups excluding carboxylic acids is 1. The Morgan fingerprint density at radius 3 is 2.42 bits per heavy atom. The second-order valence-electron chi connectivity index (χ2n) is 6.33. The summed E-state index contributed by atoms with van der Waals surface area (Å²) in [5.41, 5.74) is 3.40. The molecule has 0 unspecified atom stereocenters. The van der Waals surface area contributed by atoms with Gasteiger partial charge in [0.1, 0.15) is 22.9 Å². The first-order valence-corrected chi connectivity index (χ1v) is 8.78. The van der Waals surface area contributed by atoms with Gasteiger partial charge in [0.2, 0.25) is 5.78 Å². The van der Waals surface area contributed by atoms with Crippen LogP contribution in [0.25, 0.3) is 11.4 Å². The van der Waals surface area contributed by atoms with Gasteiger partial charge in [0.25, 0.3) is 0 Å². The summed E-state index contributed by atoms with van der Waals surface area (Å²) in [5, 5.41) is 13.1. The van der Waals surface area contributed by atoms with Crippen molar-refractivity contribution in [2.45, 2.75) is 26.3 Å². The smallest absolute Gasteiger partial charge is 0.212 e. The first-order valence-electron chi connectivity index (χ1n) is 8.78. The monoisotopic (exact) mass is 345 g/mol. The number of fused-ring (bicyclic) bond motifs is 2. The van der Waals surface area contributed by atoms with Crippen molar-refractivity contribution in [2.75, 3.05) is 0 Å². The quantitative estimate of drug-likeness (QED) is 0.447. The summed E-state index contributed by atoms with van der Waals surface area (Å²) in [6.07, 6.45) is 1.94. The van der Waals surface area contributed by atoms with E-state index in [-0.39, 0.29) is 5.78 Å². The van der Waals surface area contributed by atoms with Crippen molar-refractivity contribution < 1.29 is 10.0 Å². The van der Waals surface area contributed by atoms with E-state index in [2.05, 4.69) is 12.1 Å². The van der Waals surface area contributed by atoms with Crippen LogP contribution in [-0.2, 0) is 6.54 Å². The summed E-state index contributed by atoms with van der Waals surface area (Å²) in [6, 6.07) is 17.0. The van der Waals surface area contributed by atoms with Crippen LogP contribution in [-0.4, -0.2) is 26.3 Å². The topological polar surface area (TPSA) is 67.5 Å². The standard InChI is InChI=1S/C21H19N3O2/c1-2-3-13-24-19-18(22-21(24)14-9-5-4-6-10-14)17(23-26)15-11-7-8-12-16(15)20(19)25/h4-12,26H,2-3,13H2,1H3/b23-17+. The molecule has 1 N–H and O–H groups in total. The molecular formula is C21H19N3O2. The fourth-order valence-electron chi connectivity index (χ4n) is 3.43. The van der Waals surface area contributed by atoms with Crippen LogP contribution in [0.2, 0.25) is 0 Å². The number of ketones is 1. The van der Waals surface area contributed by atoms with Gasteiger partial charge in [0.15, 0.2) is 0 Å². The molecule has 3 aromatic rings. The molecule has 0 atom stereocenters. The summed E-state index contributed by atoms with van der Waals surface area (Å²) in [4.78, 5) is 17.9. The van der Waals surface area contributed by atoms with Crippen LogP contribution in [0.4, 0.5) is 0 Å². The maximum absolute atomic E-state index is 13.2. The van der Waals surface area contributed by atoms with E-state index in [4.69, 9.17) is 4.98 Å². The number of aromatic nitrogens is 2. The first kappa shape index (κ1) is 16.3. The van der Waals surface area contributed by atoms with Crippen LogP contribution in [0, 0.1) is 0 Å². The van der Waals surface area contributed by atoms with Gasteiger partial charge in [0.05, 0.1) is 0 Å². The molecule has 1 heterocycles. The van der Waals surface area contributed by atoms with Crippen LogP contribution in [0.5, 0.6) is 0 Å². The molecule has 130 valence electrons. The van der Waals surface area contributed by atoms with Crippen LogP contribution in [0.15, 0.2) is 59.8 Å². The zero-order valence-electron chi connectivity index (χ0n) is 14.5. The summed E-state index contributed by atoms with van der Waals surface area (Å²) in [5.74, 6) is 0.653. The Morgan fingerprint density at radius 2 is 1.73 bits per heavy atom. The maximum Gasteiger partial charge on any atom is 0.212 e. The van der Waals surface area contributed by atoms with Gasteiger partial charge in [-0.3, -0.25) is 4.79 Å². The molecule has 5 heteroatoms. The Labute approximate surface area is 151 Å². The Morgan fingerprint density at radius 1 is 1.04 bits per heavy atom. The highest BCUT2D eigenvalue weighted by Crippen LogP contribution is 2.32. The van der Waals surface area contributed by atoms with Gasteiger partial charge in [-0.25, -0.2) is 4.98 Å². The van der Waals surface area contributed by atoms with Gasteiger partial charge in [-0.1, -0.05) is 73.1 Å². The van der Waals surface area contributed by atoms with Gasteiger partial charge in [-0.2, -0.15) is 0 Å². The molecule has 0 radical (unpaired) electrons. The molecular weight excluding hydrogens is 326 g/mol. The lowest BCUT2D eigenvalue weighted by Gasteiger charge is -2.17. The number of unbranched alkanes of at least 4 members (excludes halogenated alkanes) is 1. The average molecular weight is 345 g/mol. The number of hydrogen-bond donors (Lipinski definition) is 1. The van der Waals surface area contributed by atoms with Crippen LogP contribution in [0.3, 0.4) is 0 Å². The molecule has 5 nitrogen and oxygen atoms in total. The minimum absolute atomic E-state index is 0.0752. The van der Waals surface area contributed by atoms with Crippen molar-refractivity contribution in [3.8, 4) is 11.4 Å². The van der Waals surface area contributed by atoms with Crippen LogP contribution in [0.1, 0.15) is 47.1 Å². The van der Waals surface area contributed by atoms with Crippen molar-refractivity contribution >= 4 is 11.5 Å². The van der Waals surface area contributed by atoms with Gasteiger partial charge in [0, 0.05) is 23.2 Å². The minimum Gasteiger partial charge on any atom is -0.410 e. The minimum atomic E-state index is -0.0752. The number of carbonyl (C=O) groups is 1. The molecule has 0 amide bonds. The molecule has 0 bridgehead atoms. The number of oxime groups is 1. The summed E-state index contributed by atoms with van der Waals surface area (Å²) in [7, 11) is 0. The molecule has 1 aromatic heterocycles. The van der Waals surface area contributed by atoms with Crippen molar-refractivity contribution in [1.29, 1.82) is 0 Å². The molecule has 1 aliphatic rings. The number of imidazole rings is 1. The molecule has 1 aliphatic carbocycles. The predicted molar refractivity (Wildman–Crippen MR) is 99.9 cm³/mol. The van der Waals surface area contributed by atoms with Gasteiger partial charge in [-0.15, -0.1) is 0 Å². The average Bonchev–Trinajstić information content (AvgIpc) is 3.07. The van der Waals surface area contributed by atoms with Crippen molar-refractivity contribution in [2.24, 2.45) is 5.16 Å². The van der Waals surface area contributed by atoms with E-state index >= 15 is 0 Å². The Bertz CT molecular complexity index is 1000. The van der Waals surface area contributed by atoms with Gasteiger partial charge >= 0.3 is 0 Å². The largest absolute Gasteiger partial charge is 0.410 e. The molecule has 26 heavy (non-hydrogen) atoms. The summed E-state index contributed by atoms with van der Waals surface area (Å²) >= 11 is 0. The van der Waals surface area contributed by atoms with Crippen LogP contribution < -0.4 is 0 Å². The SMILES string of the molecule is CCCCn1c(-c2ccccc2)nc2c1C(=O)c1ccccc1/C2=N\O. The molecule has 4 rings (SSSR count). The molecule has 0 spiro atoms. The van der Waals surface area contributed by atoms with E-state index < -0.39 is 0 Å². The third kappa shape index (κ3) is 2.44. The third-order valence-electron chi connectivity index (χ3n) is 4.70. The molecule has 0 saturated carbocycles. The van der Waals surface area contributed by atoms with E-state index in [1.165, 1.54) is 0 Å². The number of nitrogens with zero attached hydrogens (tertiary/aromatic N) is 3. The Kier molecular flexibility index (Phi) is 4.13. The van der Waals surface area contributed by atoms with Gasteiger partial charge in [-0.05, 0) is 6.42 Å². The fourth-order valence-corrected chi connectivity index (χ4v) is 3.43. The fraction of sp³-hybridized carbons (Fsp3) is 0.190. The molecule has 0 saturated heterocycles. The maximum atomic E-state index is 13.2. The van der Waals surface area contributed by atoms with E-state index in [0.717, 1.165) is 24.2 Å². The van der Waals surface area contributed by atoms with Crippen molar-refractivity contribution in [3.63, 3.8) is 0 Å². The van der Waals surface area contributed by atoms with E-state index in [9.17, 15) is 10.0 Å². The molecule has 2 aromatic carbocycles. The van der Waals surface area contributed by atoms with E-state index in [1.54, 1.807) is 12.1 Å². The van der Waals surface area contributed by atoms with Crippen molar-refractivity contribution in [1.82, 2.24) is 9.55 Å². The lowest BCUT2D eigenvalue weighted by atomic mass is 9.89. The lowest BCUT2D eigenvalue weighted by Crippen LogP contribution is -2.24. The number of benzene rings is 2. The van der Waals surface area contributed by atoms with Crippen molar-refractivity contribution in [3.05, 3.63) is 77.1 Å². The predicted octanol–water partition coefficient (Wildman–Crippen LogP) is 4.12.